The molecule has 0 aliphatic carbocycles. The van der Waals surface area contributed by atoms with Gasteiger partial charge in [0.2, 0.25) is 0 Å². The summed E-state index contributed by atoms with van der Waals surface area (Å²) in [7, 11) is 0. The topological polar surface area (TPSA) is 58.5 Å². The first kappa shape index (κ1) is 15.9. The predicted octanol–water partition coefficient (Wildman–Crippen LogP) is 4.52. The molecule has 0 radical (unpaired) electrons. The highest BCUT2D eigenvalue weighted by atomic mass is 16.6. The third-order valence-electron chi connectivity index (χ3n) is 5.29. The van der Waals surface area contributed by atoms with Crippen LogP contribution in [0.15, 0.2) is 89.9 Å². The largest absolute Gasteiger partial charge is 0.269 e. The number of hydrogen-bond donors (Lipinski definition) is 0. The zero-order valence-corrected chi connectivity index (χ0v) is 14.5. The standard InChI is InChI=1S/C22H17N3O2/c26-25(27)18-13-11-16(12-14-18)20-21-19(15-7-3-1-4-8-15)23-22(24(20)21)17-9-5-2-6-10-17/h1-14,20-22H/t20-,21-,22-,24?/m1/s1. The van der Waals surface area contributed by atoms with Crippen molar-refractivity contribution < 1.29 is 4.92 Å². The van der Waals surface area contributed by atoms with Crippen LogP contribution in [-0.2, 0) is 0 Å². The number of benzene rings is 3. The monoisotopic (exact) mass is 355 g/mol. The summed E-state index contributed by atoms with van der Waals surface area (Å²) in [5, 5.41) is 10.9. The summed E-state index contributed by atoms with van der Waals surface area (Å²) in [5.41, 5.74) is 4.60. The highest BCUT2D eigenvalue weighted by Gasteiger charge is 2.59. The van der Waals surface area contributed by atoms with Crippen LogP contribution in [0.4, 0.5) is 5.69 Å². The Labute approximate surface area is 156 Å². The number of aliphatic imine (C=N–C) groups is 1. The number of rotatable bonds is 4. The van der Waals surface area contributed by atoms with Crippen LogP contribution >= 0.6 is 0 Å². The number of fused-ring (bicyclic) bond motifs is 1. The van der Waals surface area contributed by atoms with Crippen LogP contribution in [0.25, 0.3) is 0 Å². The predicted molar refractivity (Wildman–Crippen MR) is 104 cm³/mol. The number of nitrogens with zero attached hydrogens (tertiary/aromatic N) is 3. The number of hydrogen-bond acceptors (Lipinski definition) is 4. The van der Waals surface area contributed by atoms with Gasteiger partial charge in [-0.2, -0.15) is 0 Å². The molecule has 132 valence electrons. The summed E-state index contributed by atoms with van der Waals surface area (Å²) in [6.45, 7) is 0. The molecule has 5 heteroatoms. The van der Waals surface area contributed by atoms with E-state index >= 15 is 0 Å². The minimum absolute atomic E-state index is 0.0217. The third kappa shape index (κ3) is 2.64. The summed E-state index contributed by atoms with van der Waals surface area (Å²) in [5.74, 6) is 0. The van der Waals surface area contributed by atoms with E-state index < -0.39 is 0 Å². The van der Waals surface area contributed by atoms with Crippen LogP contribution in [0, 0.1) is 10.1 Å². The van der Waals surface area contributed by atoms with Gasteiger partial charge in [-0.1, -0.05) is 72.8 Å². The van der Waals surface area contributed by atoms with Gasteiger partial charge in [0.25, 0.3) is 5.69 Å². The van der Waals surface area contributed by atoms with E-state index in [0.717, 1.165) is 22.4 Å². The average molecular weight is 355 g/mol. The van der Waals surface area contributed by atoms with Gasteiger partial charge >= 0.3 is 0 Å². The Morgan fingerprint density at radius 3 is 2.04 bits per heavy atom. The fourth-order valence-electron chi connectivity index (χ4n) is 3.99. The lowest BCUT2D eigenvalue weighted by Crippen LogP contribution is -2.08. The van der Waals surface area contributed by atoms with E-state index in [4.69, 9.17) is 4.99 Å². The second kappa shape index (κ2) is 6.14. The maximum atomic E-state index is 10.9. The maximum Gasteiger partial charge on any atom is 0.269 e. The van der Waals surface area contributed by atoms with Gasteiger partial charge in [0.1, 0.15) is 6.17 Å². The van der Waals surface area contributed by atoms with Crippen LogP contribution in [0.1, 0.15) is 28.9 Å². The summed E-state index contributed by atoms with van der Waals surface area (Å²) in [4.78, 5) is 18.0. The lowest BCUT2D eigenvalue weighted by Gasteiger charge is -2.14. The van der Waals surface area contributed by atoms with Crippen LogP contribution < -0.4 is 0 Å². The Bertz CT molecular complexity index is 1020. The molecule has 5 nitrogen and oxygen atoms in total. The molecular weight excluding hydrogens is 338 g/mol. The normalized spacial score (nSPS) is 25.6. The zero-order chi connectivity index (χ0) is 18.4. The Kier molecular flexibility index (Phi) is 3.62. The van der Waals surface area contributed by atoms with Gasteiger partial charge in [-0.25, -0.2) is 0 Å². The minimum Gasteiger partial charge on any atom is -0.263 e. The molecule has 0 saturated carbocycles. The van der Waals surface area contributed by atoms with E-state index in [2.05, 4.69) is 29.2 Å². The van der Waals surface area contributed by atoms with Crippen molar-refractivity contribution in [1.29, 1.82) is 0 Å². The van der Waals surface area contributed by atoms with Crippen molar-refractivity contribution in [2.75, 3.05) is 0 Å². The Balaban J connectivity index is 1.53. The Hall–Kier alpha value is -3.31. The van der Waals surface area contributed by atoms with Crippen molar-refractivity contribution in [1.82, 2.24) is 4.90 Å². The number of nitro groups is 1. The smallest absolute Gasteiger partial charge is 0.263 e. The fourth-order valence-corrected chi connectivity index (χ4v) is 3.99. The molecule has 1 fully saturated rings. The Morgan fingerprint density at radius 1 is 0.778 bits per heavy atom. The summed E-state index contributed by atoms with van der Waals surface area (Å²) in [6, 6.07) is 27.8. The first-order valence-corrected chi connectivity index (χ1v) is 8.94. The number of nitro benzene ring substituents is 1. The molecule has 2 aliphatic rings. The van der Waals surface area contributed by atoms with E-state index in [-0.39, 0.29) is 28.9 Å². The Morgan fingerprint density at radius 2 is 1.41 bits per heavy atom. The van der Waals surface area contributed by atoms with Crippen molar-refractivity contribution in [3.8, 4) is 0 Å². The molecule has 0 amide bonds. The van der Waals surface area contributed by atoms with E-state index in [9.17, 15) is 10.1 Å². The van der Waals surface area contributed by atoms with Crippen molar-refractivity contribution in [3.05, 3.63) is 112 Å². The van der Waals surface area contributed by atoms with Crippen LogP contribution in [0.2, 0.25) is 0 Å². The maximum absolute atomic E-state index is 10.9. The van der Waals surface area contributed by atoms with Gasteiger partial charge in [-0.15, -0.1) is 0 Å². The van der Waals surface area contributed by atoms with Gasteiger partial charge < -0.3 is 0 Å². The molecule has 3 aromatic carbocycles. The van der Waals surface area contributed by atoms with Crippen LogP contribution in [0.3, 0.4) is 0 Å². The van der Waals surface area contributed by atoms with E-state index in [1.807, 2.05) is 48.5 Å². The first-order chi connectivity index (χ1) is 13.2. The number of non-ortho nitro benzene ring substituents is 1. The second-order valence-corrected chi connectivity index (χ2v) is 6.85. The molecule has 2 aliphatic heterocycles. The van der Waals surface area contributed by atoms with Crippen molar-refractivity contribution >= 4 is 11.4 Å². The van der Waals surface area contributed by atoms with Gasteiger partial charge in [0, 0.05) is 12.1 Å². The molecule has 0 spiro atoms. The zero-order valence-electron chi connectivity index (χ0n) is 14.5. The summed E-state index contributed by atoms with van der Waals surface area (Å²) >= 11 is 0. The molecule has 27 heavy (non-hydrogen) atoms. The SMILES string of the molecule is O=[N+]([O-])c1ccc([C@@H]2[C@H]3C(c4ccccc4)=N[C@@H](c4ccccc4)N32)cc1. The summed E-state index contributed by atoms with van der Waals surface area (Å²) < 4.78 is 0. The quantitative estimate of drug-likeness (QED) is 0.393. The van der Waals surface area contributed by atoms with E-state index in [0.29, 0.717) is 0 Å². The van der Waals surface area contributed by atoms with Crippen molar-refractivity contribution in [3.63, 3.8) is 0 Å². The molecule has 0 bridgehead atoms. The van der Waals surface area contributed by atoms with Crippen LogP contribution in [0.5, 0.6) is 0 Å². The lowest BCUT2D eigenvalue weighted by molar-refractivity contribution is -0.384. The second-order valence-electron chi connectivity index (χ2n) is 6.85. The highest BCUT2D eigenvalue weighted by Crippen LogP contribution is 2.55. The third-order valence-corrected chi connectivity index (χ3v) is 5.29. The molecular formula is C22H17N3O2. The van der Waals surface area contributed by atoms with Gasteiger partial charge in [0.05, 0.1) is 22.7 Å². The molecule has 1 saturated heterocycles. The molecule has 0 N–H and O–H groups in total. The van der Waals surface area contributed by atoms with Gasteiger partial charge in [-0.05, 0) is 16.7 Å². The highest BCUT2D eigenvalue weighted by molar-refractivity contribution is 6.08. The van der Waals surface area contributed by atoms with E-state index in [1.54, 1.807) is 12.1 Å². The molecule has 0 aromatic heterocycles. The van der Waals surface area contributed by atoms with Crippen LogP contribution in [-0.4, -0.2) is 21.6 Å². The molecule has 3 aromatic rings. The van der Waals surface area contributed by atoms with E-state index in [1.165, 1.54) is 0 Å². The lowest BCUT2D eigenvalue weighted by atomic mass is 10.0. The fraction of sp³-hybridized carbons (Fsp3) is 0.136. The van der Waals surface area contributed by atoms with Gasteiger partial charge in [0.15, 0.2) is 0 Å². The average Bonchev–Trinajstić information content (AvgIpc) is 3.33. The molecule has 2 heterocycles. The van der Waals surface area contributed by atoms with Gasteiger partial charge in [-0.3, -0.25) is 20.0 Å². The van der Waals surface area contributed by atoms with Crippen molar-refractivity contribution in [2.45, 2.75) is 18.2 Å². The first-order valence-electron chi connectivity index (χ1n) is 8.94. The molecule has 5 rings (SSSR count). The van der Waals surface area contributed by atoms with Crippen molar-refractivity contribution in [2.24, 2.45) is 4.99 Å². The minimum atomic E-state index is -0.360. The summed E-state index contributed by atoms with van der Waals surface area (Å²) in [6.07, 6.45) is -0.0217. The molecule has 1 unspecified atom stereocenters. The molecule has 4 atom stereocenters.